The summed E-state index contributed by atoms with van der Waals surface area (Å²) in [5.41, 5.74) is 6.89. The van der Waals surface area contributed by atoms with Crippen LogP contribution in [0, 0.1) is 11.8 Å². The number of urea groups is 1. The van der Waals surface area contributed by atoms with E-state index in [1.165, 1.54) is 0 Å². The van der Waals surface area contributed by atoms with Crippen molar-refractivity contribution in [1.82, 2.24) is 20.0 Å². The molecule has 0 unspecified atom stereocenters. The third-order valence-corrected chi connectivity index (χ3v) is 5.50. The van der Waals surface area contributed by atoms with E-state index in [-0.39, 0.29) is 17.8 Å². The van der Waals surface area contributed by atoms with Crippen molar-refractivity contribution in [2.24, 2.45) is 5.73 Å². The lowest BCUT2D eigenvalue weighted by atomic mass is 9.93. The molecule has 4 N–H and O–H groups in total. The standard InChI is InChI=1S/C28H36N8O3/c1-28(2,3)23-16-25(34-39-23)36(19-24(29)37)27(38)33-22-10-8-9-20(15-22)11-12-21-17-31-26(32-18-21)30-13-6-7-14-35(4)5/h8-10,15-18H,6-7,13-14,19H2,1-5H3,(H2,29,37)(H,33,38)(H,30,31,32). The van der Waals surface area contributed by atoms with E-state index in [2.05, 4.69) is 56.6 Å². The van der Waals surface area contributed by atoms with Gasteiger partial charge in [-0.2, -0.15) is 0 Å². The molecule has 0 radical (unpaired) electrons. The number of amides is 3. The van der Waals surface area contributed by atoms with E-state index < -0.39 is 11.9 Å². The lowest BCUT2D eigenvalue weighted by Gasteiger charge is -2.19. The molecule has 2 heterocycles. The van der Waals surface area contributed by atoms with Gasteiger partial charge in [-0.25, -0.2) is 14.8 Å². The normalized spacial score (nSPS) is 11.0. The first kappa shape index (κ1) is 29.1. The molecule has 0 aliphatic rings. The van der Waals surface area contributed by atoms with E-state index in [0.29, 0.717) is 28.5 Å². The second kappa shape index (κ2) is 13.4. The van der Waals surface area contributed by atoms with Crippen molar-refractivity contribution in [2.45, 2.75) is 39.0 Å². The number of rotatable bonds is 10. The molecule has 11 heteroatoms. The zero-order chi connectivity index (χ0) is 28.4. The number of nitrogens with one attached hydrogen (secondary N) is 2. The van der Waals surface area contributed by atoms with E-state index >= 15 is 0 Å². The minimum atomic E-state index is -0.683. The average Bonchev–Trinajstić information content (AvgIpc) is 3.37. The number of unbranched alkanes of at least 4 members (excludes halogenated alkanes) is 1. The predicted octanol–water partition coefficient (Wildman–Crippen LogP) is 3.44. The summed E-state index contributed by atoms with van der Waals surface area (Å²) in [5.74, 6) is 6.74. The molecule has 3 amide bonds. The molecule has 0 aliphatic heterocycles. The number of benzene rings is 1. The van der Waals surface area contributed by atoms with Crippen LogP contribution in [0.1, 0.15) is 50.5 Å². The molecule has 0 saturated carbocycles. The van der Waals surface area contributed by atoms with Crippen molar-refractivity contribution in [1.29, 1.82) is 0 Å². The van der Waals surface area contributed by atoms with Crippen LogP contribution in [-0.2, 0) is 10.2 Å². The number of hydrogen-bond donors (Lipinski definition) is 3. The number of carbonyl (C=O) groups excluding carboxylic acids is 2. The smallest absolute Gasteiger partial charge is 0.328 e. The summed E-state index contributed by atoms with van der Waals surface area (Å²) in [6.07, 6.45) is 5.47. The fraction of sp³-hybridized carbons (Fsp3) is 0.393. The van der Waals surface area contributed by atoms with Gasteiger partial charge in [-0.05, 0) is 51.7 Å². The van der Waals surface area contributed by atoms with Gasteiger partial charge in [0.1, 0.15) is 12.3 Å². The fourth-order valence-electron chi connectivity index (χ4n) is 3.41. The van der Waals surface area contributed by atoms with Gasteiger partial charge >= 0.3 is 6.03 Å². The summed E-state index contributed by atoms with van der Waals surface area (Å²) in [4.78, 5) is 36.6. The van der Waals surface area contributed by atoms with Crippen molar-refractivity contribution in [2.75, 3.05) is 49.3 Å². The van der Waals surface area contributed by atoms with E-state index in [0.717, 1.165) is 30.8 Å². The highest BCUT2D eigenvalue weighted by Gasteiger charge is 2.26. The Bertz CT molecular complexity index is 1320. The van der Waals surface area contributed by atoms with Gasteiger partial charge in [0.2, 0.25) is 11.9 Å². The van der Waals surface area contributed by atoms with Gasteiger partial charge in [-0.15, -0.1) is 0 Å². The first-order valence-corrected chi connectivity index (χ1v) is 12.7. The van der Waals surface area contributed by atoms with Gasteiger partial charge < -0.3 is 25.8 Å². The molecule has 0 spiro atoms. The maximum atomic E-state index is 13.0. The molecular weight excluding hydrogens is 496 g/mol. The number of primary amides is 1. The third-order valence-electron chi connectivity index (χ3n) is 5.50. The van der Waals surface area contributed by atoms with Crippen LogP contribution >= 0.6 is 0 Å². The van der Waals surface area contributed by atoms with Gasteiger partial charge in [0.25, 0.3) is 0 Å². The van der Waals surface area contributed by atoms with Crippen molar-refractivity contribution in [3.63, 3.8) is 0 Å². The van der Waals surface area contributed by atoms with E-state index in [1.807, 2.05) is 26.8 Å². The minimum Gasteiger partial charge on any atom is -0.368 e. The second-order valence-corrected chi connectivity index (χ2v) is 10.3. The summed E-state index contributed by atoms with van der Waals surface area (Å²) in [6, 6.07) is 8.08. The molecule has 206 valence electrons. The van der Waals surface area contributed by atoms with Crippen LogP contribution in [0.3, 0.4) is 0 Å². The zero-order valence-corrected chi connectivity index (χ0v) is 23.1. The molecule has 2 aromatic heterocycles. The summed E-state index contributed by atoms with van der Waals surface area (Å²) in [7, 11) is 4.12. The number of nitrogens with zero attached hydrogens (tertiary/aromatic N) is 5. The number of anilines is 3. The van der Waals surface area contributed by atoms with Crippen LogP contribution in [0.4, 0.5) is 22.2 Å². The monoisotopic (exact) mass is 532 g/mol. The van der Waals surface area contributed by atoms with Crippen LogP contribution in [0.25, 0.3) is 0 Å². The van der Waals surface area contributed by atoms with Gasteiger partial charge in [0.05, 0.1) is 5.56 Å². The van der Waals surface area contributed by atoms with Gasteiger partial charge in [-0.3, -0.25) is 9.69 Å². The summed E-state index contributed by atoms with van der Waals surface area (Å²) >= 11 is 0. The summed E-state index contributed by atoms with van der Waals surface area (Å²) < 4.78 is 5.37. The Morgan fingerprint density at radius 3 is 2.41 bits per heavy atom. The van der Waals surface area contributed by atoms with Crippen LogP contribution < -0.4 is 21.3 Å². The van der Waals surface area contributed by atoms with Crippen LogP contribution in [-0.4, -0.2) is 65.7 Å². The molecule has 0 bridgehead atoms. The first-order valence-electron chi connectivity index (χ1n) is 12.7. The Morgan fingerprint density at radius 1 is 1.05 bits per heavy atom. The molecule has 0 aliphatic carbocycles. The third kappa shape index (κ3) is 9.43. The largest absolute Gasteiger partial charge is 0.368 e. The van der Waals surface area contributed by atoms with E-state index in [1.54, 1.807) is 36.7 Å². The topological polar surface area (TPSA) is 143 Å². The van der Waals surface area contributed by atoms with Crippen molar-refractivity contribution in [3.05, 3.63) is 59.6 Å². The fourth-order valence-corrected chi connectivity index (χ4v) is 3.41. The van der Waals surface area contributed by atoms with Gasteiger partial charge in [-0.1, -0.05) is 43.8 Å². The molecule has 39 heavy (non-hydrogen) atoms. The minimum absolute atomic E-state index is 0.193. The molecule has 0 atom stereocenters. The maximum Gasteiger partial charge on any atom is 0.328 e. The van der Waals surface area contributed by atoms with E-state index in [4.69, 9.17) is 10.3 Å². The van der Waals surface area contributed by atoms with Crippen molar-refractivity contribution >= 4 is 29.4 Å². The van der Waals surface area contributed by atoms with Crippen LogP contribution in [0.5, 0.6) is 0 Å². The number of carbonyl (C=O) groups is 2. The number of hydrogen-bond acceptors (Lipinski definition) is 8. The SMILES string of the molecule is CN(C)CCCCNc1ncc(C#Cc2cccc(NC(=O)N(CC(N)=O)c3cc(C(C)(C)C)on3)c2)cn1. The molecule has 11 nitrogen and oxygen atoms in total. The second-order valence-electron chi connectivity index (χ2n) is 10.3. The van der Waals surface area contributed by atoms with Crippen LogP contribution in [0.15, 0.2) is 47.2 Å². The highest BCUT2D eigenvalue weighted by molar-refractivity contribution is 6.04. The first-order chi connectivity index (χ1) is 18.5. The van der Waals surface area contributed by atoms with Gasteiger partial charge in [0.15, 0.2) is 5.82 Å². The Morgan fingerprint density at radius 2 is 1.77 bits per heavy atom. The number of nitrogens with two attached hydrogens (primary N) is 1. The quantitative estimate of drug-likeness (QED) is 0.266. The Balaban J connectivity index is 1.63. The predicted molar refractivity (Wildman–Crippen MR) is 151 cm³/mol. The Labute approximate surface area is 229 Å². The highest BCUT2D eigenvalue weighted by atomic mass is 16.5. The Hall–Kier alpha value is -4.43. The van der Waals surface area contributed by atoms with Crippen molar-refractivity contribution in [3.8, 4) is 11.8 Å². The molecular formula is C28H36N8O3. The maximum absolute atomic E-state index is 13.0. The van der Waals surface area contributed by atoms with E-state index in [9.17, 15) is 9.59 Å². The van der Waals surface area contributed by atoms with Gasteiger partial charge in [0, 0.05) is 41.7 Å². The molecule has 0 saturated heterocycles. The van der Waals surface area contributed by atoms with Crippen molar-refractivity contribution < 1.29 is 14.1 Å². The lowest BCUT2D eigenvalue weighted by Crippen LogP contribution is -2.41. The molecule has 3 rings (SSSR count). The number of aromatic nitrogens is 3. The highest BCUT2D eigenvalue weighted by Crippen LogP contribution is 2.26. The average molecular weight is 533 g/mol. The van der Waals surface area contributed by atoms with Crippen LogP contribution in [0.2, 0.25) is 0 Å². The molecule has 1 aromatic carbocycles. The molecule has 3 aromatic rings. The Kier molecular flexibility index (Phi) is 10.0. The lowest BCUT2D eigenvalue weighted by molar-refractivity contribution is -0.116. The summed E-state index contributed by atoms with van der Waals surface area (Å²) in [6.45, 7) is 7.36. The zero-order valence-electron chi connectivity index (χ0n) is 23.1. The molecule has 0 fully saturated rings. The summed E-state index contributed by atoms with van der Waals surface area (Å²) in [5, 5.41) is 9.94.